The molecule has 0 saturated carbocycles. The number of carbonyl (C=O) groups is 2. The van der Waals surface area contributed by atoms with Gasteiger partial charge in [0.1, 0.15) is 5.69 Å². The van der Waals surface area contributed by atoms with Crippen LogP contribution in [0.5, 0.6) is 0 Å². The number of anilines is 3. The van der Waals surface area contributed by atoms with E-state index in [9.17, 15) is 9.59 Å². The molecule has 2 amide bonds. The normalized spacial score (nSPS) is 13.8. The van der Waals surface area contributed by atoms with E-state index in [4.69, 9.17) is 0 Å². The summed E-state index contributed by atoms with van der Waals surface area (Å²) in [6.45, 7) is 8.57. The highest BCUT2D eigenvalue weighted by Crippen LogP contribution is 2.25. The van der Waals surface area contributed by atoms with Crippen LogP contribution in [0.3, 0.4) is 0 Å². The zero-order valence-corrected chi connectivity index (χ0v) is 19.7. The van der Waals surface area contributed by atoms with Gasteiger partial charge in [0.05, 0.1) is 16.9 Å². The molecule has 2 N–H and O–H groups in total. The van der Waals surface area contributed by atoms with E-state index in [0.29, 0.717) is 48.6 Å². The molecule has 1 aliphatic rings. The van der Waals surface area contributed by atoms with Crippen LogP contribution in [-0.4, -0.2) is 63.9 Å². The number of piperazine rings is 1. The summed E-state index contributed by atoms with van der Waals surface area (Å²) in [5, 5.41) is 8.58. The Morgan fingerprint density at radius 1 is 1.09 bits per heavy atom. The van der Waals surface area contributed by atoms with Gasteiger partial charge in [-0.15, -0.1) is 11.3 Å². The molecular formula is C23H27N7O2S. The highest BCUT2D eigenvalue weighted by Gasteiger charge is 2.25. The van der Waals surface area contributed by atoms with Crippen molar-refractivity contribution in [3.63, 3.8) is 0 Å². The zero-order valence-electron chi connectivity index (χ0n) is 18.9. The molecule has 0 atom stereocenters. The summed E-state index contributed by atoms with van der Waals surface area (Å²) in [6, 6.07) is 7.46. The lowest BCUT2D eigenvalue weighted by Crippen LogP contribution is -2.49. The van der Waals surface area contributed by atoms with Crippen molar-refractivity contribution in [1.29, 1.82) is 0 Å². The summed E-state index contributed by atoms with van der Waals surface area (Å²) >= 11 is 1.36. The van der Waals surface area contributed by atoms with Gasteiger partial charge < -0.3 is 15.1 Å². The molecule has 172 valence electrons. The second-order valence-corrected chi connectivity index (χ2v) is 8.99. The third kappa shape index (κ3) is 5.46. The Kier molecular flexibility index (Phi) is 6.83. The summed E-state index contributed by atoms with van der Waals surface area (Å²) in [7, 11) is 0. The van der Waals surface area contributed by atoms with Gasteiger partial charge in [-0.2, -0.15) is 0 Å². The molecule has 0 aliphatic carbocycles. The van der Waals surface area contributed by atoms with E-state index in [1.807, 2.05) is 24.4 Å². The number of rotatable bonds is 6. The van der Waals surface area contributed by atoms with Crippen molar-refractivity contribution < 1.29 is 9.59 Å². The van der Waals surface area contributed by atoms with Crippen LogP contribution in [0.1, 0.15) is 40.4 Å². The van der Waals surface area contributed by atoms with Gasteiger partial charge in [0.2, 0.25) is 0 Å². The third-order valence-electron chi connectivity index (χ3n) is 5.18. The predicted molar refractivity (Wildman–Crippen MR) is 130 cm³/mol. The first kappa shape index (κ1) is 22.7. The maximum absolute atomic E-state index is 12.9. The van der Waals surface area contributed by atoms with Crippen LogP contribution in [-0.2, 0) is 0 Å². The van der Waals surface area contributed by atoms with Gasteiger partial charge in [-0.1, -0.05) is 0 Å². The van der Waals surface area contributed by atoms with Crippen molar-refractivity contribution in [3.05, 3.63) is 59.0 Å². The summed E-state index contributed by atoms with van der Waals surface area (Å²) in [5.74, 6) is 0.464. The number of hydrogen-bond acceptors (Lipinski definition) is 8. The Bertz CT molecular complexity index is 1120. The van der Waals surface area contributed by atoms with Crippen LogP contribution >= 0.6 is 11.3 Å². The number of amides is 2. The van der Waals surface area contributed by atoms with Gasteiger partial charge in [-0.3, -0.25) is 19.9 Å². The first-order chi connectivity index (χ1) is 15.9. The highest BCUT2D eigenvalue weighted by atomic mass is 32.1. The number of aryl methyl sites for hydroxylation is 1. The summed E-state index contributed by atoms with van der Waals surface area (Å²) in [4.78, 5) is 42.3. The molecular weight excluding hydrogens is 438 g/mol. The molecule has 1 fully saturated rings. The van der Waals surface area contributed by atoms with Crippen LogP contribution in [0.2, 0.25) is 0 Å². The molecule has 3 aromatic heterocycles. The quantitative estimate of drug-likeness (QED) is 0.576. The molecule has 1 saturated heterocycles. The molecule has 4 rings (SSSR count). The summed E-state index contributed by atoms with van der Waals surface area (Å²) < 4.78 is 0. The Morgan fingerprint density at radius 3 is 2.52 bits per heavy atom. The Balaban J connectivity index is 1.36. The molecule has 4 heterocycles. The van der Waals surface area contributed by atoms with E-state index < -0.39 is 0 Å². The number of thiazole rings is 1. The van der Waals surface area contributed by atoms with E-state index in [1.165, 1.54) is 17.5 Å². The molecule has 33 heavy (non-hydrogen) atoms. The maximum Gasteiger partial charge on any atom is 0.272 e. The Labute approximate surface area is 196 Å². The van der Waals surface area contributed by atoms with E-state index in [0.717, 1.165) is 17.2 Å². The first-order valence-corrected chi connectivity index (χ1v) is 11.7. The summed E-state index contributed by atoms with van der Waals surface area (Å²) in [6.07, 6.45) is 3.21. The minimum Gasteiger partial charge on any atom is -0.380 e. The molecule has 1 aliphatic heterocycles. The zero-order chi connectivity index (χ0) is 23.4. The molecule has 0 unspecified atom stereocenters. The Morgan fingerprint density at radius 2 is 1.88 bits per heavy atom. The molecule has 0 spiro atoms. The van der Waals surface area contributed by atoms with Crippen molar-refractivity contribution in [2.75, 3.05) is 41.7 Å². The lowest BCUT2D eigenvalue weighted by atomic mass is 10.2. The molecule has 0 bridgehead atoms. The molecule has 3 aromatic rings. The summed E-state index contributed by atoms with van der Waals surface area (Å²) in [5.41, 5.74) is 2.55. The third-order valence-corrected chi connectivity index (χ3v) is 6.06. The largest absolute Gasteiger partial charge is 0.380 e. The minimum absolute atomic E-state index is 0.140. The number of nitrogens with zero attached hydrogens (tertiary/aromatic N) is 5. The SMILES string of the molecule is Cc1csc(NC(=O)c2ccc(C(=O)N3CCN(c4ncccc4NC(C)C)CC3)nc2)n1. The minimum atomic E-state index is -0.300. The average Bonchev–Trinajstić information content (AvgIpc) is 3.23. The molecule has 0 aromatic carbocycles. The second-order valence-electron chi connectivity index (χ2n) is 8.13. The predicted octanol–water partition coefficient (Wildman–Crippen LogP) is 3.28. The number of pyridine rings is 2. The van der Waals surface area contributed by atoms with Crippen LogP contribution in [0.15, 0.2) is 42.0 Å². The monoisotopic (exact) mass is 465 g/mol. The lowest BCUT2D eigenvalue weighted by Gasteiger charge is -2.36. The van der Waals surface area contributed by atoms with E-state index in [-0.39, 0.29) is 11.8 Å². The topological polar surface area (TPSA) is 103 Å². The van der Waals surface area contributed by atoms with E-state index >= 15 is 0 Å². The Hall–Kier alpha value is -3.53. The van der Waals surface area contributed by atoms with Crippen LogP contribution in [0, 0.1) is 6.92 Å². The molecule has 0 radical (unpaired) electrons. The van der Waals surface area contributed by atoms with Crippen molar-refractivity contribution in [2.24, 2.45) is 0 Å². The number of hydrogen-bond donors (Lipinski definition) is 2. The maximum atomic E-state index is 12.9. The fourth-order valence-electron chi connectivity index (χ4n) is 3.59. The van der Waals surface area contributed by atoms with Crippen LogP contribution in [0.25, 0.3) is 0 Å². The lowest BCUT2D eigenvalue weighted by molar-refractivity contribution is 0.0740. The van der Waals surface area contributed by atoms with Gasteiger partial charge in [-0.05, 0) is 45.0 Å². The smallest absolute Gasteiger partial charge is 0.272 e. The van der Waals surface area contributed by atoms with Crippen LogP contribution in [0.4, 0.5) is 16.6 Å². The van der Waals surface area contributed by atoms with Crippen LogP contribution < -0.4 is 15.5 Å². The fraction of sp³-hybridized carbons (Fsp3) is 0.348. The standard InChI is InChI=1S/C23H27N7O2S/c1-15(2)26-18-5-4-8-24-20(18)29-9-11-30(12-10-29)22(32)19-7-6-17(13-25-19)21(31)28-23-27-16(3)14-33-23/h4-8,13-15,26H,9-12H2,1-3H3,(H,27,28,31). The van der Waals surface area contributed by atoms with Gasteiger partial charge in [0, 0.05) is 50.0 Å². The fourth-order valence-corrected chi connectivity index (χ4v) is 4.27. The van der Waals surface area contributed by atoms with E-state index in [2.05, 4.69) is 44.3 Å². The number of aromatic nitrogens is 3. The average molecular weight is 466 g/mol. The van der Waals surface area contributed by atoms with Gasteiger partial charge in [0.15, 0.2) is 10.9 Å². The number of carbonyl (C=O) groups excluding carboxylic acids is 2. The van der Waals surface area contributed by atoms with Crippen molar-refractivity contribution in [1.82, 2.24) is 19.9 Å². The van der Waals surface area contributed by atoms with Gasteiger partial charge in [-0.25, -0.2) is 9.97 Å². The first-order valence-electron chi connectivity index (χ1n) is 10.9. The van der Waals surface area contributed by atoms with Crippen molar-refractivity contribution >= 4 is 39.8 Å². The van der Waals surface area contributed by atoms with Crippen molar-refractivity contribution in [2.45, 2.75) is 26.8 Å². The van der Waals surface area contributed by atoms with Gasteiger partial charge >= 0.3 is 0 Å². The molecule has 10 heteroatoms. The second kappa shape index (κ2) is 9.95. The molecule has 9 nitrogen and oxygen atoms in total. The highest BCUT2D eigenvalue weighted by molar-refractivity contribution is 7.13. The number of nitrogens with one attached hydrogen (secondary N) is 2. The van der Waals surface area contributed by atoms with E-state index in [1.54, 1.807) is 23.2 Å². The van der Waals surface area contributed by atoms with Crippen molar-refractivity contribution in [3.8, 4) is 0 Å². The van der Waals surface area contributed by atoms with Gasteiger partial charge in [0.25, 0.3) is 11.8 Å².